The summed E-state index contributed by atoms with van der Waals surface area (Å²) in [6.45, 7) is 6.69. The smallest absolute Gasteiger partial charge is 0.0544 e. The fraction of sp³-hybridized carbons (Fsp3) is 0.688. The van der Waals surface area contributed by atoms with Gasteiger partial charge in [-0.15, -0.1) is 0 Å². The van der Waals surface area contributed by atoms with Crippen molar-refractivity contribution in [3.8, 4) is 0 Å². The topological polar surface area (TPSA) is 31.4 Å². The Labute approximate surface area is 122 Å². The van der Waals surface area contributed by atoms with E-state index in [1.807, 2.05) is 6.20 Å². The normalized spacial score (nSPS) is 21.9. The summed E-state index contributed by atoms with van der Waals surface area (Å²) in [5.74, 6) is 0. The van der Waals surface area contributed by atoms with E-state index < -0.39 is 0 Å². The van der Waals surface area contributed by atoms with Crippen LogP contribution in [0.15, 0.2) is 18.3 Å². The molecule has 1 aliphatic carbocycles. The Morgan fingerprint density at radius 1 is 1.20 bits per heavy atom. The first-order valence-corrected chi connectivity index (χ1v) is 7.88. The molecule has 20 heavy (non-hydrogen) atoms. The summed E-state index contributed by atoms with van der Waals surface area (Å²) in [5.41, 5.74) is 2.50. The molecular formula is C16H26N4. The number of pyridine rings is 1. The standard InChI is InChI=1S/C16H26N4/c1-19-7-2-8-20(10-9-19)13-16-4-3-14(12-18-16)11-17-15-5-6-15/h3-4,12,15,17H,2,5-11,13H2,1H3. The quantitative estimate of drug-likeness (QED) is 0.881. The van der Waals surface area contributed by atoms with Crippen LogP contribution in [0.3, 0.4) is 0 Å². The third kappa shape index (κ3) is 4.27. The van der Waals surface area contributed by atoms with Crippen molar-refractivity contribution in [2.24, 2.45) is 0 Å². The van der Waals surface area contributed by atoms with Crippen LogP contribution in [-0.2, 0) is 13.1 Å². The molecule has 1 aliphatic heterocycles. The maximum atomic E-state index is 4.63. The third-order valence-corrected chi connectivity index (χ3v) is 4.26. The zero-order valence-electron chi connectivity index (χ0n) is 12.5. The maximum Gasteiger partial charge on any atom is 0.0544 e. The van der Waals surface area contributed by atoms with Gasteiger partial charge >= 0.3 is 0 Å². The van der Waals surface area contributed by atoms with E-state index in [9.17, 15) is 0 Å². The molecule has 2 aliphatic rings. The van der Waals surface area contributed by atoms with Gasteiger partial charge in [0.1, 0.15) is 0 Å². The van der Waals surface area contributed by atoms with Crippen molar-refractivity contribution in [3.05, 3.63) is 29.6 Å². The van der Waals surface area contributed by atoms with E-state index in [2.05, 4.69) is 39.3 Å². The fourth-order valence-corrected chi connectivity index (χ4v) is 2.69. The van der Waals surface area contributed by atoms with Crippen LogP contribution in [0, 0.1) is 0 Å². The van der Waals surface area contributed by atoms with Crippen LogP contribution >= 0.6 is 0 Å². The van der Waals surface area contributed by atoms with Crippen LogP contribution in [0.4, 0.5) is 0 Å². The summed E-state index contributed by atoms with van der Waals surface area (Å²) >= 11 is 0. The summed E-state index contributed by atoms with van der Waals surface area (Å²) in [5, 5.41) is 3.53. The molecule has 2 heterocycles. The molecule has 1 saturated carbocycles. The van der Waals surface area contributed by atoms with Gasteiger partial charge in [0.15, 0.2) is 0 Å². The zero-order valence-corrected chi connectivity index (χ0v) is 12.5. The second-order valence-corrected chi connectivity index (χ2v) is 6.25. The number of likely N-dealkylation sites (N-methyl/N-ethyl adjacent to an activating group) is 1. The average molecular weight is 274 g/mol. The molecule has 0 spiro atoms. The molecule has 110 valence electrons. The van der Waals surface area contributed by atoms with E-state index in [4.69, 9.17) is 0 Å². The van der Waals surface area contributed by atoms with Gasteiger partial charge in [0, 0.05) is 38.4 Å². The number of aromatic nitrogens is 1. The molecule has 0 radical (unpaired) electrons. The van der Waals surface area contributed by atoms with Gasteiger partial charge in [0.2, 0.25) is 0 Å². The lowest BCUT2D eigenvalue weighted by molar-refractivity contribution is 0.266. The third-order valence-electron chi connectivity index (χ3n) is 4.26. The molecule has 3 rings (SSSR count). The van der Waals surface area contributed by atoms with Crippen molar-refractivity contribution >= 4 is 0 Å². The summed E-state index contributed by atoms with van der Waals surface area (Å²) in [7, 11) is 2.21. The van der Waals surface area contributed by atoms with Crippen LogP contribution in [-0.4, -0.2) is 54.1 Å². The van der Waals surface area contributed by atoms with Crippen LogP contribution in [0.2, 0.25) is 0 Å². The van der Waals surface area contributed by atoms with Crippen molar-refractivity contribution in [1.29, 1.82) is 0 Å². The zero-order chi connectivity index (χ0) is 13.8. The van der Waals surface area contributed by atoms with Gasteiger partial charge in [-0.25, -0.2) is 0 Å². The molecule has 0 aromatic carbocycles. The molecule has 0 bridgehead atoms. The highest BCUT2D eigenvalue weighted by Crippen LogP contribution is 2.19. The second-order valence-electron chi connectivity index (χ2n) is 6.25. The van der Waals surface area contributed by atoms with E-state index in [0.717, 1.165) is 25.7 Å². The largest absolute Gasteiger partial charge is 0.310 e. The molecule has 4 nitrogen and oxygen atoms in total. The predicted octanol–water partition coefficient (Wildman–Crippen LogP) is 1.47. The maximum absolute atomic E-state index is 4.63. The Morgan fingerprint density at radius 3 is 2.85 bits per heavy atom. The predicted molar refractivity (Wildman–Crippen MR) is 81.5 cm³/mol. The summed E-state index contributed by atoms with van der Waals surface area (Å²) in [6.07, 6.45) is 5.98. The lowest BCUT2D eigenvalue weighted by Gasteiger charge is -2.19. The van der Waals surface area contributed by atoms with Gasteiger partial charge in [-0.3, -0.25) is 9.88 Å². The Morgan fingerprint density at radius 2 is 2.10 bits per heavy atom. The van der Waals surface area contributed by atoms with Gasteiger partial charge in [0.25, 0.3) is 0 Å². The number of nitrogens with zero attached hydrogens (tertiary/aromatic N) is 3. The molecule has 2 fully saturated rings. The number of rotatable bonds is 5. The Balaban J connectivity index is 1.48. The molecule has 0 amide bonds. The minimum Gasteiger partial charge on any atom is -0.310 e. The fourth-order valence-electron chi connectivity index (χ4n) is 2.69. The number of hydrogen-bond donors (Lipinski definition) is 1. The van der Waals surface area contributed by atoms with Crippen molar-refractivity contribution in [2.45, 2.75) is 38.4 Å². The Kier molecular flexibility index (Phi) is 4.65. The summed E-state index contributed by atoms with van der Waals surface area (Å²) in [4.78, 5) is 9.56. The molecule has 0 atom stereocenters. The van der Waals surface area contributed by atoms with Crippen LogP contribution in [0.25, 0.3) is 0 Å². The first-order chi connectivity index (χ1) is 9.79. The van der Waals surface area contributed by atoms with Crippen molar-refractivity contribution in [2.75, 3.05) is 33.2 Å². The van der Waals surface area contributed by atoms with Crippen molar-refractivity contribution in [3.63, 3.8) is 0 Å². The molecular weight excluding hydrogens is 248 g/mol. The van der Waals surface area contributed by atoms with Gasteiger partial charge in [-0.2, -0.15) is 0 Å². The first-order valence-electron chi connectivity index (χ1n) is 7.88. The van der Waals surface area contributed by atoms with Crippen LogP contribution in [0.5, 0.6) is 0 Å². The first kappa shape index (κ1) is 14.0. The summed E-state index contributed by atoms with van der Waals surface area (Å²) < 4.78 is 0. The highest BCUT2D eigenvalue weighted by Gasteiger charge is 2.20. The van der Waals surface area contributed by atoms with Gasteiger partial charge < -0.3 is 10.2 Å². The van der Waals surface area contributed by atoms with E-state index in [1.165, 1.54) is 50.2 Å². The average Bonchev–Trinajstić information content (AvgIpc) is 3.28. The Bertz CT molecular complexity index is 413. The lowest BCUT2D eigenvalue weighted by atomic mass is 10.2. The van der Waals surface area contributed by atoms with Gasteiger partial charge in [-0.1, -0.05) is 6.07 Å². The minimum absolute atomic E-state index is 0.767. The van der Waals surface area contributed by atoms with Gasteiger partial charge in [0.05, 0.1) is 5.69 Å². The highest BCUT2D eigenvalue weighted by atomic mass is 15.2. The van der Waals surface area contributed by atoms with E-state index in [0.29, 0.717) is 0 Å². The van der Waals surface area contributed by atoms with E-state index >= 15 is 0 Å². The van der Waals surface area contributed by atoms with E-state index in [1.54, 1.807) is 0 Å². The molecule has 1 saturated heterocycles. The summed E-state index contributed by atoms with van der Waals surface area (Å²) in [6, 6.07) is 5.18. The van der Waals surface area contributed by atoms with Crippen molar-refractivity contribution in [1.82, 2.24) is 20.1 Å². The monoisotopic (exact) mass is 274 g/mol. The molecule has 1 aromatic heterocycles. The molecule has 0 unspecified atom stereocenters. The highest BCUT2D eigenvalue weighted by molar-refractivity contribution is 5.14. The van der Waals surface area contributed by atoms with E-state index in [-0.39, 0.29) is 0 Å². The lowest BCUT2D eigenvalue weighted by Crippen LogP contribution is -2.28. The van der Waals surface area contributed by atoms with Crippen LogP contribution in [0.1, 0.15) is 30.5 Å². The Hall–Kier alpha value is -0.970. The number of hydrogen-bond acceptors (Lipinski definition) is 4. The number of nitrogens with one attached hydrogen (secondary N) is 1. The second kappa shape index (κ2) is 6.66. The van der Waals surface area contributed by atoms with Crippen molar-refractivity contribution < 1.29 is 0 Å². The molecule has 1 N–H and O–H groups in total. The SMILES string of the molecule is CN1CCCN(Cc2ccc(CNC3CC3)cn2)CC1. The molecule has 1 aromatic rings. The minimum atomic E-state index is 0.767. The van der Waals surface area contributed by atoms with Gasteiger partial charge in [-0.05, 0) is 51.0 Å². The van der Waals surface area contributed by atoms with Crippen LogP contribution < -0.4 is 5.32 Å². The molecule has 4 heteroatoms.